The van der Waals surface area contributed by atoms with Crippen LogP contribution >= 0.6 is 22.6 Å². The highest BCUT2D eigenvalue weighted by molar-refractivity contribution is 14.1. The fraction of sp³-hybridized carbons (Fsp3) is 1.00. The highest BCUT2D eigenvalue weighted by Gasteiger charge is 2.00. The Morgan fingerprint density at radius 3 is 2.08 bits per heavy atom. The van der Waals surface area contributed by atoms with Crippen LogP contribution in [0.2, 0.25) is 0 Å². The van der Waals surface area contributed by atoms with Gasteiger partial charge in [-0.15, -0.1) is 0 Å². The maximum Gasteiger partial charge on any atom is -0.000473 e. The molecule has 0 aliphatic rings. The van der Waals surface area contributed by atoms with Crippen molar-refractivity contribution in [2.24, 2.45) is 5.92 Å². The van der Waals surface area contributed by atoms with Gasteiger partial charge in [0.05, 0.1) is 0 Å². The van der Waals surface area contributed by atoms with E-state index < -0.39 is 0 Å². The van der Waals surface area contributed by atoms with Crippen molar-refractivity contribution in [2.45, 2.75) is 58.8 Å². The van der Waals surface area contributed by atoms with Crippen molar-refractivity contribution in [1.29, 1.82) is 0 Å². The Labute approximate surface area is 91.7 Å². The van der Waals surface area contributed by atoms with Gasteiger partial charge in [-0.2, -0.15) is 0 Å². The van der Waals surface area contributed by atoms with E-state index in [2.05, 4.69) is 36.4 Å². The Morgan fingerprint density at radius 1 is 1.00 bits per heavy atom. The predicted molar refractivity (Wildman–Crippen MR) is 66.0 cm³/mol. The summed E-state index contributed by atoms with van der Waals surface area (Å²) < 4.78 is 1.33. The van der Waals surface area contributed by atoms with Crippen LogP contribution in [0.3, 0.4) is 0 Å². The quantitative estimate of drug-likeness (QED) is 0.340. The minimum atomic E-state index is 0.972. The van der Waals surface area contributed by atoms with Gasteiger partial charge in [-0.3, -0.25) is 0 Å². The van der Waals surface area contributed by atoms with E-state index >= 15 is 0 Å². The van der Waals surface area contributed by atoms with E-state index in [1.54, 1.807) is 0 Å². The topological polar surface area (TPSA) is 0 Å². The number of hydrogen-bond donors (Lipinski definition) is 0. The zero-order chi connectivity index (χ0) is 9.23. The molecule has 0 aliphatic carbocycles. The minimum absolute atomic E-state index is 0.972. The molecule has 0 radical (unpaired) electrons. The average molecular weight is 282 g/mol. The molecule has 0 fully saturated rings. The summed E-state index contributed by atoms with van der Waals surface area (Å²) in [6, 6.07) is 0. The maximum atomic E-state index is 2.47. The van der Waals surface area contributed by atoms with Crippen molar-refractivity contribution < 1.29 is 0 Å². The van der Waals surface area contributed by atoms with Gasteiger partial charge in [0, 0.05) is 0 Å². The van der Waals surface area contributed by atoms with Crippen LogP contribution < -0.4 is 0 Å². The molecule has 0 bridgehead atoms. The minimum Gasteiger partial charge on any atom is -0.0864 e. The first kappa shape index (κ1) is 12.7. The largest absolute Gasteiger partial charge is 0.0864 e. The van der Waals surface area contributed by atoms with Crippen LogP contribution in [-0.4, -0.2) is 4.43 Å². The molecule has 1 heteroatoms. The standard InChI is InChI=1S/C11H23I/c1-3-4-5-8-11(2)9-6-7-10-12/h11H,3-10H2,1-2H3. The van der Waals surface area contributed by atoms with E-state index in [9.17, 15) is 0 Å². The Balaban J connectivity index is 3.04. The number of halogens is 1. The van der Waals surface area contributed by atoms with E-state index in [1.165, 1.54) is 49.4 Å². The smallest absolute Gasteiger partial charge is 0.000473 e. The Hall–Kier alpha value is 0.730. The molecule has 0 amide bonds. The van der Waals surface area contributed by atoms with Crippen LogP contribution in [0.25, 0.3) is 0 Å². The summed E-state index contributed by atoms with van der Waals surface area (Å²) in [6.45, 7) is 4.68. The van der Waals surface area contributed by atoms with Gasteiger partial charge in [-0.1, -0.05) is 75.0 Å². The molecule has 0 rings (SSSR count). The molecule has 0 aromatic carbocycles. The Bertz CT molecular complexity index is 71.1. The zero-order valence-electron chi connectivity index (χ0n) is 8.61. The van der Waals surface area contributed by atoms with Gasteiger partial charge in [-0.05, 0) is 16.8 Å². The van der Waals surface area contributed by atoms with Crippen molar-refractivity contribution in [3.8, 4) is 0 Å². The van der Waals surface area contributed by atoms with Crippen LogP contribution in [0.1, 0.15) is 58.8 Å². The first-order valence-electron chi connectivity index (χ1n) is 5.37. The number of hydrogen-bond acceptors (Lipinski definition) is 0. The van der Waals surface area contributed by atoms with E-state index in [-0.39, 0.29) is 0 Å². The van der Waals surface area contributed by atoms with Crippen molar-refractivity contribution in [1.82, 2.24) is 0 Å². The van der Waals surface area contributed by atoms with Gasteiger partial charge < -0.3 is 0 Å². The van der Waals surface area contributed by atoms with Gasteiger partial charge in [0.15, 0.2) is 0 Å². The van der Waals surface area contributed by atoms with Gasteiger partial charge in [0.1, 0.15) is 0 Å². The van der Waals surface area contributed by atoms with Crippen LogP contribution in [-0.2, 0) is 0 Å². The first-order valence-corrected chi connectivity index (χ1v) is 6.89. The highest BCUT2D eigenvalue weighted by atomic mass is 127. The molecular weight excluding hydrogens is 259 g/mol. The highest BCUT2D eigenvalue weighted by Crippen LogP contribution is 2.16. The van der Waals surface area contributed by atoms with Gasteiger partial charge in [0.25, 0.3) is 0 Å². The Kier molecular flexibility index (Phi) is 10.4. The first-order chi connectivity index (χ1) is 5.81. The third-order valence-corrected chi connectivity index (χ3v) is 3.14. The lowest BCUT2D eigenvalue weighted by molar-refractivity contribution is 0.449. The molecule has 0 aromatic rings. The molecule has 0 saturated heterocycles. The normalized spacial score (nSPS) is 13.2. The molecule has 1 unspecified atom stereocenters. The third kappa shape index (κ3) is 8.82. The third-order valence-electron chi connectivity index (χ3n) is 2.38. The molecule has 0 aliphatic heterocycles. The van der Waals surface area contributed by atoms with Gasteiger partial charge in [0.2, 0.25) is 0 Å². The molecule has 0 N–H and O–H groups in total. The average Bonchev–Trinajstić information content (AvgIpc) is 2.06. The second-order valence-electron chi connectivity index (χ2n) is 3.79. The molecular formula is C11H23I. The summed E-state index contributed by atoms with van der Waals surface area (Å²) in [5.74, 6) is 0.972. The summed E-state index contributed by atoms with van der Waals surface area (Å²) in [5.41, 5.74) is 0. The lowest BCUT2D eigenvalue weighted by atomic mass is 9.98. The van der Waals surface area contributed by atoms with E-state index in [0.717, 1.165) is 5.92 Å². The van der Waals surface area contributed by atoms with E-state index in [4.69, 9.17) is 0 Å². The van der Waals surface area contributed by atoms with Crippen LogP contribution in [0.5, 0.6) is 0 Å². The van der Waals surface area contributed by atoms with Crippen molar-refractivity contribution in [2.75, 3.05) is 4.43 Å². The fourth-order valence-electron chi connectivity index (χ4n) is 1.47. The molecule has 0 saturated carbocycles. The second kappa shape index (κ2) is 9.82. The molecule has 74 valence electrons. The van der Waals surface area contributed by atoms with Crippen molar-refractivity contribution in [3.05, 3.63) is 0 Å². The molecule has 0 heterocycles. The van der Waals surface area contributed by atoms with Gasteiger partial charge in [-0.25, -0.2) is 0 Å². The molecule has 0 aromatic heterocycles. The monoisotopic (exact) mass is 282 g/mol. The predicted octanol–water partition coefficient (Wildman–Crippen LogP) is 4.81. The summed E-state index contributed by atoms with van der Waals surface area (Å²) in [5, 5.41) is 0. The molecule has 1 atom stereocenters. The van der Waals surface area contributed by atoms with Crippen LogP contribution in [0.15, 0.2) is 0 Å². The lowest BCUT2D eigenvalue weighted by Gasteiger charge is -2.09. The summed E-state index contributed by atoms with van der Waals surface area (Å²) >= 11 is 2.47. The summed E-state index contributed by atoms with van der Waals surface area (Å²) in [4.78, 5) is 0. The second-order valence-corrected chi connectivity index (χ2v) is 4.86. The van der Waals surface area contributed by atoms with Crippen LogP contribution in [0.4, 0.5) is 0 Å². The molecule has 0 spiro atoms. The maximum absolute atomic E-state index is 2.47. The van der Waals surface area contributed by atoms with Crippen molar-refractivity contribution >= 4 is 22.6 Å². The zero-order valence-corrected chi connectivity index (χ0v) is 10.8. The van der Waals surface area contributed by atoms with E-state index in [1.807, 2.05) is 0 Å². The lowest BCUT2D eigenvalue weighted by Crippen LogP contribution is -1.94. The number of rotatable bonds is 8. The SMILES string of the molecule is CCCCCC(C)CCCCI. The summed E-state index contributed by atoms with van der Waals surface area (Å²) in [7, 11) is 0. The molecule has 12 heavy (non-hydrogen) atoms. The fourth-order valence-corrected chi connectivity index (χ4v) is 2.01. The van der Waals surface area contributed by atoms with Crippen molar-refractivity contribution in [3.63, 3.8) is 0 Å². The number of alkyl halides is 1. The summed E-state index contributed by atoms with van der Waals surface area (Å²) in [6.07, 6.45) is 10.00. The van der Waals surface area contributed by atoms with E-state index in [0.29, 0.717) is 0 Å². The Morgan fingerprint density at radius 2 is 1.58 bits per heavy atom. The molecule has 0 nitrogen and oxygen atoms in total. The van der Waals surface area contributed by atoms with Crippen LogP contribution in [0, 0.1) is 5.92 Å². The van der Waals surface area contributed by atoms with Gasteiger partial charge >= 0.3 is 0 Å². The number of unbranched alkanes of at least 4 members (excludes halogenated alkanes) is 3.